The molecule has 1 saturated carbocycles. The Bertz CT molecular complexity index is 417. The van der Waals surface area contributed by atoms with E-state index in [0.717, 1.165) is 18.4 Å². The molecule has 0 amide bonds. The lowest BCUT2D eigenvalue weighted by Gasteiger charge is -2.28. The third kappa shape index (κ3) is 4.23. The summed E-state index contributed by atoms with van der Waals surface area (Å²) in [4.78, 5) is 5.72. The predicted molar refractivity (Wildman–Crippen MR) is 83.8 cm³/mol. The molecule has 2 rings (SSSR count). The van der Waals surface area contributed by atoms with Crippen molar-refractivity contribution in [1.29, 1.82) is 0 Å². The summed E-state index contributed by atoms with van der Waals surface area (Å²) in [6.07, 6.45) is 5.19. The smallest absolute Gasteiger partial charge is 0.191 e. The van der Waals surface area contributed by atoms with Gasteiger partial charge in [-0.3, -0.25) is 4.99 Å². The van der Waals surface area contributed by atoms with Crippen LogP contribution in [0.15, 0.2) is 16.4 Å². The van der Waals surface area contributed by atoms with Crippen molar-refractivity contribution in [3.63, 3.8) is 0 Å². The van der Waals surface area contributed by atoms with Crippen LogP contribution in [0.4, 0.5) is 0 Å². The second-order valence-corrected chi connectivity index (χ2v) is 6.55. The minimum atomic E-state index is 0.590. The molecule has 1 aromatic rings. The lowest BCUT2D eigenvalue weighted by atomic mass is 9.87. The lowest BCUT2D eigenvalue weighted by Crippen LogP contribution is -2.44. The Morgan fingerprint density at radius 3 is 2.68 bits per heavy atom. The minimum absolute atomic E-state index is 0.590. The van der Waals surface area contributed by atoms with E-state index in [1.165, 1.54) is 36.1 Å². The molecule has 0 radical (unpaired) electrons. The highest BCUT2D eigenvalue weighted by molar-refractivity contribution is 7.10. The van der Waals surface area contributed by atoms with Crippen LogP contribution in [0.25, 0.3) is 0 Å². The van der Waals surface area contributed by atoms with E-state index in [9.17, 15) is 0 Å². The van der Waals surface area contributed by atoms with Crippen LogP contribution in [-0.2, 0) is 6.54 Å². The Labute approximate surface area is 120 Å². The molecular weight excluding hydrogens is 254 g/mol. The maximum atomic E-state index is 4.33. The second-order valence-electron chi connectivity index (χ2n) is 5.55. The van der Waals surface area contributed by atoms with E-state index in [4.69, 9.17) is 0 Å². The van der Waals surface area contributed by atoms with E-state index in [1.54, 1.807) is 11.3 Å². The van der Waals surface area contributed by atoms with Crippen molar-refractivity contribution in [2.75, 3.05) is 7.05 Å². The van der Waals surface area contributed by atoms with Crippen molar-refractivity contribution in [2.45, 2.75) is 52.1 Å². The van der Waals surface area contributed by atoms with Gasteiger partial charge in [0.1, 0.15) is 0 Å². The molecule has 0 bridgehead atoms. The maximum absolute atomic E-state index is 4.33. The molecule has 1 aromatic heterocycles. The normalized spacial score (nSPS) is 24.3. The number of nitrogens with one attached hydrogen (secondary N) is 2. The Kier molecular flexibility index (Phi) is 5.25. The Balaban J connectivity index is 1.79. The average Bonchev–Trinajstić information content (AvgIpc) is 2.82. The topological polar surface area (TPSA) is 36.4 Å². The quantitative estimate of drug-likeness (QED) is 0.658. The maximum Gasteiger partial charge on any atom is 0.191 e. The molecule has 0 unspecified atom stereocenters. The summed E-state index contributed by atoms with van der Waals surface area (Å²) in [5, 5.41) is 9.12. The van der Waals surface area contributed by atoms with Gasteiger partial charge in [-0.2, -0.15) is 0 Å². The summed E-state index contributed by atoms with van der Waals surface area (Å²) in [5.41, 5.74) is 1.36. The highest BCUT2D eigenvalue weighted by atomic mass is 32.1. The second kappa shape index (κ2) is 6.94. The molecule has 0 saturated heterocycles. The highest BCUT2D eigenvalue weighted by Crippen LogP contribution is 2.23. The number of nitrogens with zero attached hydrogens (tertiary/aromatic N) is 1. The number of aryl methyl sites for hydroxylation is 1. The molecule has 1 aliphatic carbocycles. The van der Waals surface area contributed by atoms with Crippen LogP contribution in [0.3, 0.4) is 0 Å². The van der Waals surface area contributed by atoms with Crippen LogP contribution in [0.2, 0.25) is 0 Å². The van der Waals surface area contributed by atoms with Crippen LogP contribution in [0, 0.1) is 12.8 Å². The van der Waals surface area contributed by atoms with Crippen molar-refractivity contribution < 1.29 is 0 Å². The summed E-state index contributed by atoms with van der Waals surface area (Å²) in [5.74, 6) is 1.83. The first-order valence-corrected chi connectivity index (χ1v) is 8.07. The number of guanidine groups is 1. The fourth-order valence-electron chi connectivity index (χ4n) is 2.54. The van der Waals surface area contributed by atoms with E-state index in [0.29, 0.717) is 6.04 Å². The number of aliphatic imine (C=N–C) groups is 1. The zero-order chi connectivity index (χ0) is 13.7. The van der Waals surface area contributed by atoms with Crippen LogP contribution in [0.1, 0.15) is 43.0 Å². The number of thiophene rings is 1. The SMILES string of the molecule is CN=C(NCc1sccc1C)NC1CCC(C)CC1. The van der Waals surface area contributed by atoms with Crippen LogP contribution in [0.5, 0.6) is 0 Å². The summed E-state index contributed by atoms with van der Waals surface area (Å²) >= 11 is 1.80. The summed E-state index contributed by atoms with van der Waals surface area (Å²) < 4.78 is 0. The van der Waals surface area contributed by atoms with Gasteiger partial charge in [0.2, 0.25) is 0 Å². The van der Waals surface area contributed by atoms with Crippen LogP contribution in [-0.4, -0.2) is 19.0 Å². The molecule has 0 atom stereocenters. The van der Waals surface area contributed by atoms with Gasteiger partial charge >= 0.3 is 0 Å². The fourth-order valence-corrected chi connectivity index (χ4v) is 3.39. The van der Waals surface area contributed by atoms with Gasteiger partial charge in [0, 0.05) is 18.0 Å². The molecular formula is C15H25N3S. The van der Waals surface area contributed by atoms with Crippen LogP contribution >= 0.6 is 11.3 Å². The predicted octanol–water partition coefficient (Wildman–Crippen LogP) is 3.30. The molecule has 0 aliphatic heterocycles. The summed E-state index contributed by atoms with van der Waals surface area (Å²) in [6, 6.07) is 2.76. The van der Waals surface area contributed by atoms with E-state index >= 15 is 0 Å². The molecule has 106 valence electrons. The average molecular weight is 279 g/mol. The zero-order valence-corrected chi connectivity index (χ0v) is 13.0. The van der Waals surface area contributed by atoms with E-state index in [2.05, 4.69) is 40.9 Å². The first-order valence-electron chi connectivity index (χ1n) is 7.19. The molecule has 19 heavy (non-hydrogen) atoms. The van der Waals surface area contributed by atoms with Gasteiger partial charge in [-0.15, -0.1) is 11.3 Å². The minimum Gasteiger partial charge on any atom is -0.354 e. The Morgan fingerprint density at radius 1 is 1.37 bits per heavy atom. The lowest BCUT2D eigenvalue weighted by molar-refractivity contribution is 0.329. The molecule has 0 aromatic carbocycles. The molecule has 4 heteroatoms. The molecule has 1 heterocycles. The van der Waals surface area contributed by atoms with Gasteiger partial charge in [0.05, 0.1) is 6.54 Å². The van der Waals surface area contributed by atoms with Crippen molar-refractivity contribution in [1.82, 2.24) is 10.6 Å². The Hall–Kier alpha value is -1.03. The van der Waals surface area contributed by atoms with E-state index in [-0.39, 0.29) is 0 Å². The van der Waals surface area contributed by atoms with Gasteiger partial charge in [-0.25, -0.2) is 0 Å². The van der Waals surface area contributed by atoms with Gasteiger partial charge in [0.25, 0.3) is 0 Å². The van der Waals surface area contributed by atoms with E-state index in [1.807, 2.05) is 7.05 Å². The third-order valence-corrected chi connectivity index (χ3v) is 4.99. The fraction of sp³-hybridized carbons (Fsp3) is 0.667. The van der Waals surface area contributed by atoms with Crippen LogP contribution < -0.4 is 10.6 Å². The molecule has 3 nitrogen and oxygen atoms in total. The van der Waals surface area contributed by atoms with Crippen molar-refractivity contribution in [2.24, 2.45) is 10.9 Å². The van der Waals surface area contributed by atoms with Crippen molar-refractivity contribution >= 4 is 17.3 Å². The monoisotopic (exact) mass is 279 g/mol. The van der Waals surface area contributed by atoms with Gasteiger partial charge in [-0.1, -0.05) is 6.92 Å². The van der Waals surface area contributed by atoms with Gasteiger partial charge in [0.15, 0.2) is 5.96 Å². The van der Waals surface area contributed by atoms with Crippen molar-refractivity contribution in [3.05, 3.63) is 21.9 Å². The summed E-state index contributed by atoms with van der Waals surface area (Å²) in [7, 11) is 1.85. The van der Waals surface area contributed by atoms with Gasteiger partial charge in [-0.05, 0) is 55.5 Å². The highest BCUT2D eigenvalue weighted by Gasteiger charge is 2.18. The number of rotatable bonds is 3. The van der Waals surface area contributed by atoms with Gasteiger partial charge < -0.3 is 10.6 Å². The summed E-state index contributed by atoms with van der Waals surface area (Å²) in [6.45, 7) is 5.38. The van der Waals surface area contributed by atoms with Crippen molar-refractivity contribution in [3.8, 4) is 0 Å². The van der Waals surface area contributed by atoms with E-state index < -0.39 is 0 Å². The first-order chi connectivity index (χ1) is 9.19. The standard InChI is InChI=1S/C15H25N3S/c1-11-4-6-13(7-5-11)18-15(16-3)17-10-14-12(2)8-9-19-14/h8-9,11,13H,4-7,10H2,1-3H3,(H2,16,17,18). The molecule has 2 N–H and O–H groups in total. The third-order valence-electron chi connectivity index (χ3n) is 3.96. The molecule has 1 fully saturated rings. The Morgan fingerprint density at radius 2 is 2.11 bits per heavy atom. The zero-order valence-electron chi connectivity index (χ0n) is 12.2. The number of hydrogen-bond acceptors (Lipinski definition) is 2. The largest absolute Gasteiger partial charge is 0.354 e. The molecule has 0 spiro atoms. The molecule has 1 aliphatic rings. The number of hydrogen-bond donors (Lipinski definition) is 2. The first kappa shape index (κ1) is 14.4.